The molecule has 0 fully saturated rings. The van der Waals surface area contributed by atoms with Gasteiger partial charge in [-0.1, -0.05) is 37.4 Å². The minimum Gasteiger partial charge on any atom is -0.494 e. The second-order valence-electron chi connectivity index (χ2n) is 8.77. The van der Waals surface area contributed by atoms with E-state index in [0.29, 0.717) is 41.6 Å². The first-order valence-corrected chi connectivity index (χ1v) is 12.7. The third-order valence-corrected chi connectivity index (χ3v) is 5.62. The lowest BCUT2D eigenvalue weighted by Crippen LogP contribution is -2.08. The summed E-state index contributed by atoms with van der Waals surface area (Å²) in [5.41, 5.74) is 2.59. The molecular weight excluding hydrogens is 496 g/mol. The van der Waals surface area contributed by atoms with Crippen molar-refractivity contribution in [2.24, 2.45) is 0 Å². The predicted molar refractivity (Wildman–Crippen MR) is 149 cm³/mol. The number of hydrogen-bond acceptors (Lipinski definition) is 7. The fourth-order valence-electron chi connectivity index (χ4n) is 3.46. The van der Waals surface area contributed by atoms with Gasteiger partial charge in [0, 0.05) is 11.6 Å². The summed E-state index contributed by atoms with van der Waals surface area (Å²) >= 11 is 0. The maximum absolute atomic E-state index is 12.6. The molecule has 202 valence electrons. The van der Waals surface area contributed by atoms with E-state index in [2.05, 4.69) is 13.2 Å². The number of carbonyl (C=O) groups excluding carboxylic acids is 3. The monoisotopic (exact) mass is 528 g/mol. The maximum atomic E-state index is 12.6. The molecule has 3 aromatic carbocycles. The molecule has 0 N–H and O–H groups in total. The van der Waals surface area contributed by atoms with Crippen molar-refractivity contribution in [3.8, 4) is 28.4 Å². The van der Waals surface area contributed by atoms with Crippen molar-refractivity contribution < 1.29 is 33.3 Å². The summed E-state index contributed by atoms with van der Waals surface area (Å²) < 4.78 is 21.4. The number of rotatable bonds is 14. The van der Waals surface area contributed by atoms with Gasteiger partial charge in [0.2, 0.25) is 0 Å². The second kappa shape index (κ2) is 14.9. The zero-order valence-corrected chi connectivity index (χ0v) is 22.0. The highest BCUT2D eigenvalue weighted by atomic mass is 16.5. The molecule has 0 bridgehead atoms. The van der Waals surface area contributed by atoms with Crippen molar-refractivity contribution >= 4 is 17.9 Å². The molecule has 0 spiro atoms. The van der Waals surface area contributed by atoms with Crippen LogP contribution in [0.15, 0.2) is 97.6 Å². The summed E-state index contributed by atoms with van der Waals surface area (Å²) in [6, 6.07) is 21.1. The molecule has 3 aromatic rings. The Kier molecular flexibility index (Phi) is 11.1. The van der Waals surface area contributed by atoms with Gasteiger partial charge in [-0.25, -0.2) is 14.4 Å². The van der Waals surface area contributed by atoms with Crippen molar-refractivity contribution in [3.05, 3.63) is 103 Å². The Morgan fingerprint density at radius 3 is 1.74 bits per heavy atom. The van der Waals surface area contributed by atoms with Crippen LogP contribution in [0.1, 0.15) is 43.0 Å². The van der Waals surface area contributed by atoms with Crippen LogP contribution < -0.4 is 14.2 Å². The Bertz CT molecular complexity index is 1270. The number of ether oxygens (including phenoxy) is 4. The summed E-state index contributed by atoms with van der Waals surface area (Å²) in [6.07, 6.45) is 4.75. The first-order valence-electron chi connectivity index (χ1n) is 12.7. The quantitative estimate of drug-likeness (QED) is 0.0993. The average Bonchev–Trinajstić information content (AvgIpc) is 2.95. The van der Waals surface area contributed by atoms with E-state index < -0.39 is 17.9 Å². The number of esters is 3. The van der Waals surface area contributed by atoms with E-state index in [1.165, 1.54) is 0 Å². The normalized spacial score (nSPS) is 10.3. The molecular formula is C32H32O7. The van der Waals surface area contributed by atoms with Gasteiger partial charge in [-0.15, -0.1) is 0 Å². The third kappa shape index (κ3) is 9.63. The molecule has 0 radical (unpaired) electrons. The van der Waals surface area contributed by atoms with E-state index in [1.54, 1.807) is 55.5 Å². The number of carbonyl (C=O) groups is 3. The number of unbranched alkanes of at least 4 members (excludes halogenated alkanes) is 3. The van der Waals surface area contributed by atoms with Crippen LogP contribution in [0.3, 0.4) is 0 Å². The molecule has 0 aromatic heterocycles. The van der Waals surface area contributed by atoms with E-state index >= 15 is 0 Å². The summed E-state index contributed by atoms with van der Waals surface area (Å²) in [6.45, 7) is 9.48. The first kappa shape index (κ1) is 28.9. The maximum Gasteiger partial charge on any atom is 0.343 e. The Morgan fingerprint density at radius 2 is 1.21 bits per heavy atom. The Morgan fingerprint density at radius 1 is 0.692 bits per heavy atom. The standard InChI is InChI=1S/C32H32O7/c1-4-30(33)37-22-8-6-5-7-21-36-27-15-13-26(14-16-27)32(35)39-29-19-11-25(12-20-29)24-9-17-28(18-10-24)38-31(34)23(2)3/h4,9-20H,1-2,5-8,21-22H2,3H3. The van der Waals surface area contributed by atoms with Crippen LogP contribution >= 0.6 is 0 Å². The summed E-state index contributed by atoms with van der Waals surface area (Å²) in [5, 5.41) is 0. The molecule has 7 nitrogen and oxygen atoms in total. The second-order valence-corrected chi connectivity index (χ2v) is 8.77. The van der Waals surface area contributed by atoms with Crippen LogP contribution in [0.4, 0.5) is 0 Å². The molecule has 39 heavy (non-hydrogen) atoms. The first-order chi connectivity index (χ1) is 18.9. The lowest BCUT2D eigenvalue weighted by molar-refractivity contribution is -0.137. The molecule has 0 unspecified atom stereocenters. The van der Waals surface area contributed by atoms with Crippen LogP contribution in [-0.4, -0.2) is 31.1 Å². The van der Waals surface area contributed by atoms with Crippen molar-refractivity contribution in [2.45, 2.75) is 32.6 Å². The Labute approximate surface area is 228 Å². The van der Waals surface area contributed by atoms with Crippen LogP contribution in [0.2, 0.25) is 0 Å². The smallest absolute Gasteiger partial charge is 0.343 e. The highest BCUT2D eigenvalue weighted by Gasteiger charge is 2.10. The van der Waals surface area contributed by atoms with Crippen molar-refractivity contribution in [1.82, 2.24) is 0 Å². The SMILES string of the molecule is C=CC(=O)OCCCCCCOc1ccc(C(=O)Oc2ccc(-c3ccc(OC(=O)C(=C)C)cc3)cc2)cc1. The summed E-state index contributed by atoms with van der Waals surface area (Å²) in [7, 11) is 0. The fraction of sp³-hybridized carbons (Fsp3) is 0.219. The zero-order valence-electron chi connectivity index (χ0n) is 22.0. The minimum absolute atomic E-state index is 0.332. The van der Waals surface area contributed by atoms with Crippen LogP contribution in [0, 0.1) is 0 Å². The molecule has 3 rings (SSSR count). The van der Waals surface area contributed by atoms with Gasteiger partial charge in [0.25, 0.3) is 0 Å². The van der Waals surface area contributed by atoms with Gasteiger partial charge in [-0.3, -0.25) is 0 Å². The Hall–Kier alpha value is -4.65. The third-order valence-electron chi connectivity index (χ3n) is 5.62. The topological polar surface area (TPSA) is 88.1 Å². The van der Waals surface area contributed by atoms with Crippen molar-refractivity contribution in [1.29, 1.82) is 0 Å². The lowest BCUT2D eigenvalue weighted by Gasteiger charge is -2.09. The van der Waals surface area contributed by atoms with E-state index in [9.17, 15) is 14.4 Å². The van der Waals surface area contributed by atoms with Gasteiger partial charge in [0.05, 0.1) is 18.8 Å². The number of benzene rings is 3. The van der Waals surface area contributed by atoms with Gasteiger partial charge < -0.3 is 18.9 Å². The van der Waals surface area contributed by atoms with Crippen molar-refractivity contribution in [3.63, 3.8) is 0 Å². The van der Waals surface area contributed by atoms with Gasteiger partial charge in [0.1, 0.15) is 17.2 Å². The molecule has 0 heterocycles. The predicted octanol–water partition coefficient (Wildman–Crippen LogP) is 6.72. The van der Waals surface area contributed by atoms with E-state index in [4.69, 9.17) is 18.9 Å². The fourth-order valence-corrected chi connectivity index (χ4v) is 3.46. The van der Waals surface area contributed by atoms with E-state index in [0.717, 1.165) is 42.9 Å². The summed E-state index contributed by atoms with van der Waals surface area (Å²) in [4.78, 5) is 35.2. The highest BCUT2D eigenvalue weighted by molar-refractivity contribution is 5.91. The van der Waals surface area contributed by atoms with Crippen molar-refractivity contribution in [2.75, 3.05) is 13.2 Å². The average molecular weight is 529 g/mol. The molecule has 0 aliphatic rings. The Balaban J connectivity index is 1.41. The largest absolute Gasteiger partial charge is 0.494 e. The molecule has 0 saturated heterocycles. The highest BCUT2D eigenvalue weighted by Crippen LogP contribution is 2.25. The molecule has 0 amide bonds. The van der Waals surface area contributed by atoms with Gasteiger partial charge in [-0.05, 0) is 92.3 Å². The van der Waals surface area contributed by atoms with Gasteiger partial charge in [0.15, 0.2) is 0 Å². The molecule has 0 aliphatic heterocycles. The number of hydrogen-bond donors (Lipinski definition) is 0. The molecule has 0 atom stereocenters. The van der Waals surface area contributed by atoms with Gasteiger partial charge >= 0.3 is 17.9 Å². The van der Waals surface area contributed by atoms with Crippen LogP contribution in [0.5, 0.6) is 17.2 Å². The summed E-state index contributed by atoms with van der Waals surface area (Å²) in [5.74, 6) is 0.217. The van der Waals surface area contributed by atoms with Crippen LogP contribution in [0.25, 0.3) is 11.1 Å². The lowest BCUT2D eigenvalue weighted by atomic mass is 10.1. The van der Waals surface area contributed by atoms with Crippen LogP contribution in [-0.2, 0) is 14.3 Å². The molecule has 0 saturated carbocycles. The molecule has 7 heteroatoms. The van der Waals surface area contributed by atoms with Gasteiger partial charge in [-0.2, -0.15) is 0 Å². The van der Waals surface area contributed by atoms with E-state index in [1.807, 2.05) is 24.3 Å². The zero-order chi connectivity index (χ0) is 28.0. The minimum atomic E-state index is -0.468. The van der Waals surface area contributed by atoms with E-state index in [-0.39, 0.29) is 0 Å². The molecule has 0 aliphatic carbocycles.